The van der Waals surface area contributed by atoms with Crippen LogP contribution in [0.5, 0.6) is 5.75 Å². The fourth-order valence-corrected chi connectivity index (χ4v) is 7.71. The molecule has 0 aliphatic carbocycles. The number of aromatic hydroxyl groups is 1. The van der Waals surface area contributed by atoms with E-state index in [-0.39, 0.29) is 11.2 Å². The van der Waals surface area contributed by atoms with Crippen molar-refractivity contribution in [1.82, 2.24) is 4.98 Å². The fraction of sp³-hybridized carbons (Fsp3) is 0.143. The number of aromatic nitrogens is 1. The third kappa shape index (κ3) is 12.6. The van der Waals surface area contributed by atoms with Gasteiger partial charge < -0.3 is 16.5 Å². The molecule has 1 aromatic heterocycles. The van der Waals surface area contributed by atoms with E-state index in [4.69, 9.17) is 0 Å². The molecular formula is C49H47Br2NO2W-2. The molecule has 0 saturated carbocycles. The van der Waals surface area contributed by atoms with Gasteiger partial charge >= 0.3 is 81.0 Å². The molecule has 282 valence electrons. The van der Waals surface area contributed by atoms with Crippen molar-refractivity contribution in [1.29, 1.82) is 0 Å². The minimum atomic E-state index is -1.43. The summed E-state index contributed by atoms with van der Waals surface area (Å²) in [6.07, 6.45) is 2.00. The summed E-state index contributed by atoms with van der Waals surface area (Å²) in [6, 6.07) is 53.1. The molecule has 0 saturated heterocycles. The van der Waals surface area contributed by atoms with E-state index in [1.165, 1.54) is 5.56 Å². The first kappa shape index (κ1) is 43.4. The van der Waals surface area contributed by atoms with E-state index in [2.05, 4.69) is 93.2 Å². The van der Waals surface area contributed by atoms with E-state index in [9.17, 15) is 8.50 Å². The second-order valence-corrected chi connectivity index (χ2v) is 16.8. The molecule has 0 amide bonds. The molecule has 7 rings (SSSR count). The zero-order valence-electron chi connectivity index (χ0n) is 32.1. The Morgan fingerprint density at radius 1 is 0.582 bits per heavy atom. The molecule has 6 heteroatoms. The summed E-state index contributed by atoms with van der Waals surface area (Å²) in [7, 11) is 0. The number of phenolic OH excluding ortho intramolecular Hbond substituents is 1. The summed E-state index contributed by atoms with van der Waals surface area (Å²) < 4.78 is 14.6. The van der Waals surface area contributed by atoms with Gasteiger partial charge in [-0.25, -0.2) is 0 Å². The number of benzene rings is 6. The Bertz CT molecular complexity index is 2140. The van der Waals surface area contributed by atoms with Crippen LogP contribution < -0.4 is 4.98 Å². The second-order valence-electron chi connectivity index (χ2n) is 13.4. The normalized spacial score (nSPS) is 10.4. The third-order valence-electron chi connectivity index (χ3n) is 8.52. The molecule has 0 bridgehead atoms. The molecule has 1 N–H and O–H groups in total. The van der Waals surface area contributed by atoms with Crippen molar-refractivity contribution < 1.29 is 26.6 Å². The zero-order chi connectivity index (χ0) is 39.8. The van der Waals surface area contributed by atoms with Gasteiger partial charge in [-0.1, -0.05) is 143 Å². The minimum absolute atomic E-state index is 0.0202. The van der Waals surface area contributed by atoms with Crippen LogP contribution in [0.3, 0.4) is 0 Å². The number of phenols is 1. The van der Waals surface area contributed by atoms with Gasteiger partial charge in [0.1, 0.15) is 5.75 Å². The van der Waals surface area contributed by atoms with Gasteiger partial charge in [0.2, 0.25) is 0 Å². The molecule has 7 aromatic rings. The van der Waals surface area contributed by atoms with E-state index < -0.39 is 18.1 Å². The van der Waals surface area contributed by atoms with Crippen molar-refractivity contribution in [3.63, 3.8) is 0 Å². The van der Waals surface area contributed by atoms with Crippen LogP contribution in [0, 0.1) is 20.3 Å². The van der Waals surface area contributed by atoms with Gasteiger partial charge in [0.25, 0.3) is 0 Å². The summed E-state index contributed by atoms with van der Waals surface area (Å²) >= 11 is 5.64. The van der Waals surface area contributed by atoms with Gasteiger partial charge in [0.15, 0.2) is 0 Å². The smallest absolute Gasteiger partial charge is 0.132 e. The van der Waals surface area contributed by atoms with Crippen LogP contribution >= 0.6 is 31.9 Å². The number of hydrogen-bond donors (Lipinski definition) is 1. The maximum Gasteiger partial charge on any atom is 0.132 e. The maximum absolute atomic E-state index is 11.9. The van der Waals surface area contributed by atoms with Gasteiger partial charge in [-0.15, -0.1) is 0 Å². The SMILES string of the molecule is CC(C)([CH]=[W]=[O])c1ccccc1.C[CH-]C.Cc1ccc(C)[n-]1.Oc1c(-c2ccc(Br)cc2)c(-c2ccccc2)cc(-c2ccccc2)c1-c1ccc(Br)cc1. The average molecular weight is 1030 g/mol. The molecule has 0 fully saturated rings. The summed E-state index contributed by atoms with van der Waals surface area (Å²) in [5, 5.41) is 11.9. The summed E-state index contributed by atoms with van der Waals surface area (Å²) in [6.45, 7) is 12.2. The van der Waals surface area contributed by atoms with Crippen LogP contribution in [0.15, 0.2) is 167 Å². The Morgan fingerprint density at radius 2 is 0.945 bits per heavy atom. The van der Waals surface area contributed by atoms with Crippen LogP contribution in [0.4, 0.5) is 0 Å². The number of aryl methyl sites for hydroxylation is 2. The summed E-state index contributed by atoms with van der Waals surface area (Å²) in [5.41, 5.74) is 11.1. The van der Waals surface area contributed by atoms with Gasteiger partial charge in [0.05, 0.1) is 0 Å². The molecule has 0 aliphatic heterocycles. The van der Waals surface area contributed by atoms with Crippen LogP contribution in [0.1, 0.15) is 44.6 Å². The van der Waals surface area contributed by atoms with E-state index in [0.29, 0.717) is 0 Å². The molecule has 0 spiro atoms. The van der Waals surface area contributed by atoms with Crippen LogP contribution in [-0.2, 0) is 26.9 Å². The molecule has 0 atom stereocenters. The largest absolute Gasteiger partial charge is 0.665 e. The number of halogens is 2. The second kappa shape index (κ2) is 21.7. The first-order valence-electron chi connectivity index (χ1n) is 18.0. The molecule has 3 nitrogen and oxygen atoms in total. The van der Waals surface area contributed by atoms with Gasteiger partial charge in [0, 0.05) is 20.1 Å². The molecule has 1 heterocycles. The van der Waals surface area contributed by atoms with E-state index in [1.54, 1.807) is 0 Å². The van der Waals surface area contributed by atoms with Crippen LogP contribution in [0.25, 0.3) is 44.5 Å². The average Bonchev–Trinajstić information content (AvgIpc) is 3.59. The predicted octanol–water partition coefficient (Wildman–Crippen LogP) is 14.3. The maximum atomic E-state index is 11.9. The molecule has 0 radical (unpaired) electrons. The fourth-order valence-electron chi connectivity index (χ4n) is 5.83. The van der Waals surface area contributed by atoms with Crippen molar-refractivity contribution in [3.05, 3.63) is 190 Å². The van der Waals surface area contributed by atoms with Crippen molar-refractivity contribution in [2.75, 3.05) is 0 Å². The first-order valence-corrected chi connectivity index (χ1v) is 22.5. The Hall–Kier alpha value is -4.28. The topological polar surface area (TPSA) is 51.4 Å². The molecular weight excluding hydrogens is 978 g/mol. The van der Waals surface area contributed by atoms with Crippen molar-refractivity contribution >= 4 is 36.3 Å². The van der Waals surface area contributed by atoms with Crippen LogP contribution in [0.2, 0.25) is 0 Å². The molecule has 6 aromatic carbocycles. The zero-order valence-corrected chi connectivity index (χ0v) is 38.2. The molecule has 0 aliphatic rings. The predicted molar refractivity (Wildman–Crippen MR) is 236 cm³/mol. The third-order valence-corrected chi connectivity index (χ3v) is 12.0. The molecule has 0 unspecified atom stereocenters. The van der Waals surface area contributed by atoms with Crippen molar-refractivity contribution in [3.8, 4) is 50.3 Å². The first-order chi connectivity index (χ1) is 26.5. The van der Waals surface area contributed by atoms with Gasteiger partial charge in [-0.3, -0.25) is 0 Å². The number of hydrogen-bond acceptors (Lipinski definition) is 2. The Kier molecular flexibility index (Phi) is 17.2. The van der Waals surface area contributed by atoms with Crippen LogP contribution in [-0.4, -0.2) is 9.51 Å². The number of rotatable bonds is 6. The van der Waals surface area contributed by atoms with E-state index in [0.717, 1.165) is 64.8 Å². The summed E-state index contributed by atoms with van der Waals surface area (Å²) in [4.78, 5) is 4.11. The Balaban J connectivity index is 0.000000249. The monoisotopic (exact) mass is 1020 g/mol. The standard InChI is InChI=1S/C30H20Br2O.C10H12.C6H8N.C3H7.O.W/c31-24-15-11-22(12-16-24)28-26(20-7-3-1-4-8-20)19-27(21-9-5-2-6-10-21)29(30(28)33)23-13-17-25(32)18-14-23;1-10(2,3)9-7-5-4-6-8-9;1-5-3-4-6(2)7-5;1-3-2;;/h1-19,33H;1,4-8H,2-3H3;3-4H,1-2H3;3H,1-2H3;;/q;;2*-1;;. The Morgan fingerprint density at radius 3 is 1.27 bits per heavy atom. The van der Waals surface area contributed by atoms with Crippen molar-refractivity contribution in [2.24, 2.45) is 0 Å². The summed E-state index contributed by atoms with van der Waals surface area (Å²) in [5.74, 6) is 0.278. The quantitative estimate of drug-likeness (QED) is 0.169. The van der Waals surface area contributed by atoms with Crippen molar-refractivity contribution in [2.45, 2.75) is 47.0 Å². The van der Waals surface area contributed by atoms with E-state index in [1.807, 2.05) is 154 Å². The van der Waals surface area contributed by atoms with Gasteiger partial charge in [-0.05, 0) is 63.7 Å². The van der Waals surface area contributed by atoms with Gasteiger partial charge in [-0.2, -0.15) is 25.2 Å². The number of nitrogens with zero attached hydrogens (tertiary/aromatic N) is 1. The van der Waals surface area contributed by atoms with E-state index >= 15 is 0 Å². The molecule has 55 heavy (non-hydrogen) atoms. The minimum Gasteiger partial charge on any atom is -0.665 e. The Labute approximate surface area is 352 Å².